The van der Waals surface area contributed by atoms with Gasteiger partial charge in [-0.15, -0.1) is 0 Å². The lowest BCUT2D eigenvalue weighted by atomic mass is 10.1. The number of ether oxygens (including phenoxy) is 1. The van der Waals surface area contributed by atoms with Crippen LogP contribution in [-0.2, 0) is 4.74 Å². The molecule has 7 nitrogen and oxygen atoms in total. The van der Waals surface area contributed by atoms with Crippen molar-refractivity contribution in [3.05, 3.63) is 39.4 Å². The van der Waals surface area contributed by atoms with E-state index in [4.69, 9.17) is 4.74 Å². The Balaban J connectivity index is 2.78. The highest BCUT2D eigenvalue weighted by Crippen LogP contribution is 2.19. The van der Waals surface area contributed by atoms with Crippen molar-refractivity contribution in [3.8, 4) is 0 Å². The molecule has 1 rings (SSSR count). The number of benzene rings is 1. The van der Waals surface area contributed by atoms with Crippen LogP contribution in [-0.4, -0.2) is 41.8 Å². The lowest BCUT2D eigenvalue weighted by Crippen LogP contribution is -2.43. The smallest absolute Gasteiger partial charge is 0.273 e. The standard InChI is InChI=1S/C13H18N2O5/c1-9-4-5-10(6-11(9)15(18)19)12(16)14-7-13(2,17)8-20-3/h4-6,17H,7-8H2,1-3H3,(H,14,16). The van der Waals surface area contributed by atoms with E-state index in [1.54, 1.807) is 6.92 Å². The quantitative estimate of drug-likeness (QED) is 0.599. The molecule has 0 saturated heterocycles. The van der Waals surface area contributed by atoms with Gasteiger partial charge in [0.1, 0.15) is 5.60 Å². The summed E-state index contributed by atoms with van der Waals surface area (Å²) in [6.07, 6.45) is 0. The van der Waals surface area contributed by atoms with Gasteiger partial charge in [-0.3, -0.25) is 14.9 Å². The summed E-state index contributed by atoms with van der Waals surface area (Å²) in [7, 11) is 1.44. The number of nitrogens with one attached hydrogen (secondary N) is 1. The van der Waals surface area contributed by atoms with Crippen LogP contribution in [0.5, 0.6) is 0 Å². The van der Waals surface area contributed by atoms with E-state index in [0.717, 1.165) is 0 Å². The largest absolute Gasteiger partial charge is 0.386 e. The average molecular weight is 282 g/mol. The van der Waals surface area contributed by atoms with Gasteiger partial charge >= 0.3 is 0 Å². The van der Waals surface area contributed by atoms with Crippen LogP contribution in [0.1, 0.15) is 22.8 Å². The molecule has 1 unspecified atom stereocenters. The molecular formula is C13H18N2O5. The molecule has 1 aromatic rings. The lowest BCUT2D eigenvalue weighted by Gasteiger charge is -2.22. The summed E-state index contributed by atoms with van der Waals surface area (Å²) < 4.78 is 4.82. The van der Waals surface area contributed by atoms with Gasteiger partial charge in [-0.25, -0.2) is 0 Å². The first-order chi connectivity index (χ1) is 9.26. The molecule has 110 valence electrons. The van der Waals surface area contributed by atoms with E-state index in [9.17, 15) is 20.0 Å². The molecule has 0 saturated carbocycles. The maximum absolute atomic E-state index is 11.9. The van der Waals surface area contributed by atoms with E-state index in [2.05, 4.69) is 5.32 Å². The fraction of sp³-hybridized carbons (Fsp3) is 0.462. The number of amides is 1. The second-order valence-electron chi connectivity index (χ2n) is 4.87. The van der Waals surface area contributed by atoms with Gasteiger partial charge in [-0.05, 0) is 19.9 Å². The SMILES string of the molecule is COCC(C)(O)CNC(=O)c1ccc(C)c([N+](=O)[O-])c1. The third-order valence-corrected chi connectivity index (χ3v) is 2.75. The zero-order chi connectivity index (χ0) is 15.3. The predicted molar refractivity (Wildman–Crippen MR) is 72.7 cm³/mol. The minimum absolute atomic E-state index is 0.0126. The molecule has 0 aliphatic carbocycles. The molecule has 0 bridgehead atoms. The molecule has 7 heteroatoms. The summed E-state index contributed by atoms with van der Waals surface area (Å²) in [5.41, 5.74) is -0.643. The van der Waals surface area contributed by atoms with Gasteiger partial charge in [0.15, 0.2) is 0 Å². The van der Waals surface area contributed by atoms with Crippen LogP contribution in [0.15, 0.2) is 18.2 Å². The summed E-state index contributed by atoms with van der Waals surface area (Å²) in [4.78, 5) is 22.2. The molecule has 20 heavy (non-hydrogen) atoms. The Kier molecular flexibility index (Phi) is 5.18. The number of rotatable bonds is 6. The second kappa shape index (κ2) is 6.44. The molecule has 0 radical (unpaired) electrons. The third kappa shape index (κ3) is 4.29. The van der Waals surface area contributed by atoms with Gasteiger partial charge in [-0.1, -0.05) is 6.07 Å². The van der Waals surface area contributed by atoms with Crippen molar-refractivity contribution < 1.29 is 19.6 Å². The minimum atomic E-state index is -1.19. The normalized spacial score (nSPS) is 13.6. The third-order valence-electron chi connectivity index (χ3n) is 2.75. The highest BCUT2D eigenvalue weighted by molar-refractivity contribution is 5.95. The number of nitro groups is 1. The molecular weight excluding hydrogens is 264 g/mol. The average Bonchev–Trinajstić information content (AvgIpc) is 2.36. The highest BCUT2D eigenvalue weighted by atomic mass is 16.6. The van der Waals surface area contributed by atoms with Crippen molar-refractivity contribution >= 4 is 11.6 Å². The van der Waals surface area contributed by atoms with Crippen LogP contribution in [0, 0.1) is 17.0 Å². The van der Waals surface area contributed by atoms with E-state index in [0.29, 0.717) is 5.56 Å². The van der Waals surface area contributed by atoms with Crippen LogP contribution in [0.4, 0.5) is 5.69 Å². The fourth-order valence-electron chi connectivity index (χ4n) is 1.68. The Morgan fingerprint density at radius 3 is 2.75 bits per heavy atom. The van der Waals surface area contributed by atoms with Crippen molar-refractivity contribution in [2.24, 2.45) is 0 Å². The van der Waals surface area contributed by atoms with E-state index < -0.39 is 16.4 Å². The first-order valence-electron chi connectivity index (χ1n) is 6.01. The number of hydrogen-bond acceptors (Lipinski definition) is 5. The summed E-state index contributed by atoms with van der Waals surface area (Å²) in [5.74, 6) is -0.482. The molecule has 0 heterocycles. The van der Waals surface area contributed by atoms with Crippen LogP contribution in [0.25, 0.3) is 0 Å². The predicted octanol–water partition coefficient (Wildman–Crippen LogP) is 1.03. The summed E-state index contributed by atoms with van der Waals surface area (Å²) in [6.45, 7) is 3.18. The topological polar surface area (TPSA) is 102 Å². The zero-order valence-corrected chi connectivity index (χ0v) is 11.7. The van der Waals surface area contributed by atoms with E-state index in [1.165, 1.54) is 32.2 Å². The maximum Gasteiger partial charge on any atom is 0.273 e. The van der Waals surface area contributed by atoms with Crippen LogP contribution in [0.3, 0.4) is 0 Å². The lowest BCUT2D eigenvalue weighted by molar-refractivity contribution is -0.385. The number of aliphatic hydroxyl groups is 1. The molecule has 0 spiro atoms. The summed E-state index contributed by atoms with van der Waals surface area (Å²) in [5, 5.41) is 23.2. The number of methoxy groups -OCH3 is 1. The van der Waals surface area contributed by atoms with Crippen LogP contribution in [0.2, 0.25) is 0 Å². The van der Waals surface area contributed by atoms with E-state index in [1.807, 2.05) is 0 Å². The summed E-state index contributed by atoms with van der Waals surface area (Å²) >= 11 is 0. The summed E-state index contributed by atoms with van der Waals surface area (Å²) in [6, 6.07) is 4.23. The molecule has 1 aromatic carbocycles. The number of aryl methyl sites for hydroxylation is 1. The van der Waals surface area contributed by atoms with Crippen molar-refractivity contribution in [3.63, 3.8) is 0 Å². The monoisotopic (exact) mass is 282 g/mol. The number of hydrogen-bond donors (Lipinski definition) is 2. The zero-order valence-electron chi connectivity index (χ0n) is 11.7. The number of nitrogens with zero attached hydrogens (tertiary/aromatic N) is 1. The van der Waals surface area contributed by atoms with Crippen molar-refractivity contribution in [1.82, 2.24) is 5.32 Å². The number of carbonyl (C=O) groups is 1. The Hall–Kier alpha value is -1.99. The van der Waals surface area contributed by atoms with Gasteiger partial charge in [0, 0.05) is 30.8 Å². The van der Waals surface area contributed by atoms with Crippen molar-refractivity contribution in [2.45, 2.75) is 19.4 Å². The van der Waals surface area contributed by atoms with Gasteiger partial charge in [0.2, 0.25) is 0 Å². The molecule has 0 aliphatic heterocycles. The first kappa shape index (κ1) is 16.1. The van der Waals surface area contributed by atoms with Gasteiger partial charge in [0.25, 0.3) is 11.6 Å². The minimum Gasteiger partial charge on any atom is -0.386 e. The van der Waals surface area contributed by atoms with E-state index >= 15 is 0 Å². The van der Waals surface area contributed by atoms with Crippen molar-refractivity contribution in [2.75, 3.05) is 20.3 Å². The Labute approximate surface area is 116 Å². The van der Waals surface area contributed by atoms with Gasteiger partial charge < -0.3 is 15.2 Å². The van der Waals surface area contributed by atoms with Crippen LogP contribution >= 0.6 is 0 Å². The van der Waals surface area contributed by atoms with Gasteiger partial charge in [0.05, 0.1) is 11.5 Å². The van der Waals surface area contributed by atoms with Gasteiger partial charge in [-0.2, -0.15) is 0 Å². The Bertz CT molecular complexity index is 513. The second-order valence-corrected chi connectivity index (χ2v) is 4.87. The van der Waals surface area contributed by atoms with Crippen LogP contribution < -0.4 is 5.32 Å². The molecule has 1 atom stereocenters. The van der Waals surface area contributed by atoms with E-state index in [-0.39, 0.29) is 24.4 Å². The Morgan fingerprint density at radius 1 is 1.55 bits per heavy atom. The molecule has 0 aromatic heterocycles. The fourth-order valence-corrected chi connectivity index (χ4v) is 1.68. The molecule has 2 N–H and O–H groups in total. The Morgan fingerprint density at radius 2 is 2.20 bits per heavy atom. The molecule has 0 aliphatic rings. The maximum atomic E-state index is 11.9. The highest BCUT2D eigenvalue weighted by Gasteiger charge is 2.22. The first-order valence-corrected chi connectivity index (χ1v) is 6.01. The molecule has 0 fully saturated rings. The number of nitro benzene ring substituents is 1. The molecule has 1 amide bonds. The number of carbonyl (C=O) groups excluding carboxylic acids is 1. The van der Waals surface area contributed by atoms with Crippen molar-refractivity contribution in [1.29, 1.82) is 0 Å².